The molecule has 0 radical (unpaired) electrons. The average Bonchev–Trinajstić information content (AvgIpc) is 2.06. The summed E-state index contributed by atoms with van der Waals surface area (Å²) in [6.07, 6.45) is 0. The molecule has 0 heterocycles. The molecule has 5 heteroatoms. The largest absolute Gasteiger partial charge is 0.395 e. The van der Waals surface area contributed by atoms with E-state index in [0.717, 1.165) is 0 Å². The molecule has 0 bridgehead atoms. The number of nitrogens with two attached hydrogens (primary N) is 1. The van der Waals surface area contributed by atoms with Gasteiger partial charge < -0.3 is 21.3 Å². The van der Waals surface area contributed by atoms with E-state index in [1.54, 1.807) is 13.8 Å². The first-order valence-electron chi connectivity index (χ1n) is 4.28. The molecule has 0 atom stereocenters. The Kier molecular flexibility index (Phi) is 13.0. The first-order chi connectivity index (χ1) is 6.06. The molecule has 0 saturated heterocycles. The summed E-state index contributed by atoms with van der Waals surface area (Å²) in [6.45, 7) is 4.95. The Bertz CT molecular complexity index is 114. The van der Waals surface area contributed by atoms with Gasteiger partial charge in [-0.25, -0.2) is 0 Å². The van der Waals surface area contributed by atoms with Crippen molar-refractivity contribution in [2.75, 3.05) is 26.3 Å². The zero-order valence-corrected chi connectivity index (χ0v) is 8.29. The standard InChI is InChI=1S/C4H11NO2.C4H9NO/c6-3-1-5-2-4-7;1-3(2)4(5)6/h5-7H,1-4H2;3H,1-2H3,(H2,5,6). The number of hydrogen-bond donors (Lipinski definition) is 4. The SMILES string of the molecule is CC(C)C(N)=O.OCCNCCO. The number of aliphatic hydroxyl groups excluding tert-OH is 2. The third-order valence-electron chi connectivity index (χ3n) is 1.15. The number of aliphatic hydroxyl groups is 2. The fraction of sp³-hybridized carbons (Fsp3) is 0.875. The monoisotopic (exact) mass is 192 g/mol. The van der Waals surface area contributed by atoms with Crippen LogP contribution in [0.1, 0.15) is 13.8 Å². The van der Waals surface area contributed by atoms with E-state index in [2.05, 4.69) is 5.32 Å². The summed E-state index contributed by atoms with van der Waals surface area (Å²) in [7, 11) is 0. The predicted octanol–water partition coefficient (Wildman–Crippen LogP) is -1.31. The molecule has 0 rings (SSSR count). The molecule has 0 fully saturated rings. The second kappa shape index (κ2) is 11.4. The second-order valence-corrected chi connectivity index (χ2v) is 2.75. The molecule has 0 aliphatic carbocycles. The molecular weight excluding hydrogens is 172 g/mol. The maximum absolute atomic E-state index is 9.92. The molecule has 0 aromatic carbocycles. The smallest absolute Gasteiger partial charge is 0.219 e. The van der Waals surface area contributed by atoms with E-state index in [1.165, 1.54) is 0 Å². The van der Waals surface area contributed by atoms with Crippen molar-refractivity contribution >= 4 is 5.91 Å². The van der Waals surface area contributed by atoms with Crippen LogP contribution in [0.3, 0.4) is 0 Å². The van der Waals surface area contributed by atoms with Crippen molar-refractivity contribution in [2.45, 2.75) is 13.8 Å². The molecule has 5 N–H and O–H groups in total. The predicted molar refractivity (Wildman–Crippen MR) is 51.1 cm³/mol. The lowest BCUT2D eigenvalue weighted by Crippen LogP contribution is -2.21. The lowest BCUT2D eigenvalue weighted by molar-refractivity contribution is -0.120. The lowest BCUT2D eigenvalue weighted by atomic mass is 10.2. The van der Waals surface area contributed by atoms with Gasteiger partial charge in [0.2, 0.25) is 5.91 Å². The van der Waals surface area contributed by atoms with Crippen molar-refractivity contribution in [3.8, 4) is 0 Å². The van der Waals surface area contributed by atoms with Crippen LogP contribution >= 0.6 is 0 Å². The highest BCUT2D eigenvalue weighted by Crippen LogP contribution is 1.84. The zero-order valence-electron chi connectivity index (χ0n) is 8.29. The van der Waals surface area contributed by atoms with Gasteiger partial charge in [0.1, 0.15) is 0 Å². The van der Waals surface area contributed by atoms with Gasteiger partial charge in [-0.15, -0.1) is 0 Å². The van der Waals surface area contributed by atoms with Crippen LogP contribution in [0.5, 0.6) is 0 Å². The van der Waals surface area contributed by atoms with Crippen LogP contribution in [0.2, 0.25) is 0 Å². The summed E-state index contributed by atoms with van der Waals surface area (Å²) in [5, 5.41) is 19.1. The zero-order chi connectivity index (χ0) is 10.7. The molecule has 0 saturated carbocycles. The maximum Gasteiger partial charge on any atom is 0.219 e. The maximum atomic E-state index is 9.92. The molecule has 5 nitrogen and oxygen atoms in total. The minimum Gasteiger partial charge on any atom is -0.395 e. The highest BCUT2D eigenvalue weighted by Gasteiger charge is 1.96. The quantitative estimate of drug-likeness (QED) is 0.407. The van der Waals surface area contributed by atoms with Gasteiger partial charge in [-0.1, -0.05) is 13.8 Å². The molecule has 80 valence electrons. The third kappa shape index (κ3) is 18.4. The molecule has 0 aromatic rings. The Balaban J connectivity index is 0. The van der Waals surface area contributed by atoms with E-state index in [9.17, 15) is 4.79 Å². The van der Waals surface area contributed by atoms with Crippen LogP contribution < -0.4 is 11.1 Å². The van der Waals surface area contributed by atoms with Gasteiger partial charge in [-0.05, 0) is 0 Å². The summed E-state index contributed by atoms with van der Waals surface area (Å²) < 4.78 is 0. The first-order valence-corrected chi connectivity index (χ1v) is 4.28. The Morgan fingerprint density at radius 2 is 1.62 bits per heavy atom. The first kappa shape index (κ1) is 14.9. The number of hydrogen-bond acceptors (Lipinski definition) is 4. The summed E-state index contributed by atoms with van der Waals surface area (Å²) in [5.74, 6) is -0.250. The van der Waals surface area contributed by atoms with Gasteiger partial charge in [0.15, 0.2) is 0 Å². The summed E-state index contributed by atoms with van der Waals surface area (Å²) in [5.41, 5.74) is 4.80. The number of carbonyl (C=O) groups excluding carboxylic acids is 1. The lowest BCUT2D eigenvalue weighted by Gasteiger charge is -1.94. The fourth-order valence-electron chi connectivity index (χ4n) is 0.283. The number of carbonyl (C=O) groups is 1. The summed E-state index contributed by atoms with van der Waals surface area (Å²) >= 11 is 0. The normalized spacial score (nSPS) is 9.31. The van der Waals surface area contributed by atoms with Crippen molar-refractivity contribution in [3.05, 3.63) is 0 Å². The van der Waals surface area contributed by atoms with Crippen LogP contribution in [-0.4, -0.2) is 42.4 Å². The van der Waals surface area contributed by atoms with E-state index in [1.807, 2.05) is 0 Å². The van der Waals surface area contributed by atoms with Crippen molar-refractivity contribution in [3.63, 3.8) is 0 Å². The number of primary amides is 1. The Morgan fingerprint density at radius 1 is 1.31 bits per heavy atom. The molecule has 1 amide bonds. The van der Waals surface area contributed by atoms with Crippen LogP contribution in [0.25, 0.3) is 0 Å². The van der Waals surface area contributed by atoms with E-state index >= 15 is 0 Å². The molecule has 0 unspecified atom stereocenters. The highest BCUT2D eigenvalue weighted by atomic mass is 16.3. The van der Waals surface area contributed by atoms with Gasteiger partial charge in [0.25, 0.3) is 0 Å². The van der Waals surface area contributed by atoms with Crippen LogP contribution in [-0.2, 0) is 4.79 Å². The Morgan fingerprint density at radius 3 is 1.77 bits per heavy atom. The van der Waals surface area contributed by atoms with Gasteiger partial charge in [0, 0.05) is 19.0 Å². The van der Waals surface area contributed by atoms with Crippen molar-refractivity contribution < 1.29 is 15.0 Å². The van der Waals surface area contributed by atoms with Gasteiger partial charge in [-0.2, -0.15) is 0 Å². The second-order valence-electron chi connectivity index (χ2n) is 2.75. The third-order valence-corrected chi connectivity index (χ3v) is 1.15. The molecule has 0 aliphatic heterocycles. The molecular formula is C8H20N2O3. The van der Waals surface area contributed by atoms with Crippen LogP contribution in [0.15, 0.2) is 0 Å². The van der Waals surface area contributed by atoms with E-state index in [0.29, 0.717) is 13.1 Å². The molecule has 0 aliphatic rings. The molecule has 0 aromatic heterocycles. The topological polar surface area (TPSA) is 95.6 Å². The van der Waals surface area contributed by atoms with Gasteiger partial charge in [-0.3, -0.25) is 4.79 Å². The van der Waals surface area contributed by atoms with E-state index in [-0.39, 0.29) is 25.0 Å². The number of amides is 1. The Labute approximate surface area is 78.9 Å². The summed E-state index contributed by atoms with van der Waals surface area (Å²) in [6, 6.07) is 0. The highest BCUT2D eigenvalue weighted by molar-refractivity contribution is 5.75. The van der Waals surface area contributed by atoms with E-state index in [4.69, 9.17) is 15.9 Å². The molecule has 0 spiro atoms. The number of rotatable bonds is 5. The van der Waals surface area contributed by atoms with Gasteiger partial charge >= 0.3 is 0 Å². The average molecular weight is 192 g/mol. The Hall–Kier alpha value is -0.650. The van der Waals surface area contributed by atoms with Crippen LogP contribution in [0, 0.1) is 5.92 Å². The van der Waals surface area contributed by atoms with Crippen molar-refractivity contribution in [2.24, 2.45) is 11.7 Å². The number of nitrogens with one attached hydrogen (secondary N) is 1. The van der Waals surface area contributed by atoms with Crippen molar-refractivity contribution in [1.29, 1.82) is 0 Å². The minimum absolute atomic E-state index is 0.00926. The summed E-state index contributed by atoms with van der Waals surface area (Å²) in [4.78, 5) is 9.92. The van der Waals surface area contributed by atoms with Gasteiger partial charge in [0.05, 0.1) is 13.2 Å². The minimum atomic E-state index is -0.241. The van der Waals surface area contributed by atoms with E-state index < -0.39 is 0 Å². The fourth-order valence-corrected chi connectivity index (χ4v) is 0.283. The molecule has 13 heavy (non-hydrogen) atoms. The van der Waals surface area contributed by atoms with Crippen LogP contribution in [0.4, 0.5) is 0 Å². The van der Waals surface area contributed by atoms with Crippen molar-refractivity contribution in [1.82, 2.24) is 5.32 Å².